The Balaban J connectivity index is 1.38. The molecule has 2 aromatic heterocycles. The lowest BCUT2D eigenvalue weighted by atomic mass is 10.1. The standard InChI is InChI=1S/C18H17N3O4/c1-12-8-13(6-7-19-12)24-14-9-20(10-14)17(22)11-21-15-4-2-3-5-16(15)25-18(21)23/h2-8,14H,9-11H2,1H3. The molecule has 1 fully saturated rings. The van der Waals surface area contributed by atoms with Gasteiger partial charge in [-0.3, -0.25) is 14.3 Å². The van der Waals surface area contributed by atoms with E-state index in [1.54, 1.807) is 35.4 Å². The first kappa shape index (κ1) is 15.4. The predicted molar refractivity (Wildman–Crippen MR) is 90.4 cm³/mol. The number of rotatable bonds is 4. The van der Waals surface area contributed by atoms with Crippen LogP contribution in [0.25, 0.3) is 11.1 Å². The minimum atomic E-state index is -0.518. The van der Waals surface area contributed by atoms with Crippen molar-refractivity contribution in [2.24, 2.45) is 0 Å². The van der Waals surface area contributed by atoms with Gasteiger partial charge in [-0.2, -0.15) is 0 Å². The maximum Gasteiger partial charge on any atom is 0.420 e. The Morgan fingerprint density at radius 2 is 2.12 bits per heavy atom. The summed E-state index contributed by atoms with van der Waals surface area (Å²) in [5.74, 6) is 0.108. The summed E-state index contributed by atoms with van der Waals surface area (Å²) in [7, 11) is 0. The molecule has 7 heteroatoms. The summed E-state index contributed by atoms with van der Waals surface area (Å²) < 4.78 is 12.3. The van der Waals surface area contributed by atoms with Gasteiger partial charge in [-0.25, -0.2) is 4.79 Å². The summed E-state index contributed by atoms with van der Waals surface area (Å²) in [6.45, 7) is 2.88. The van der Waals surface area contributed by atoms with Gasteiger partial charge in [0.25, 0.3) is 0 Å². The Kier molecular flexibility index (Phi) is 3.76. The molecule has 25 heavy (non-hydrogen) atoms. The van der Waals surface area contributed by atoms with E-state index in [1.807, 2.05) is 19.1 Å². The summed E-state index contributed by atoms with van der Waals surface area (Å²) in [4.78, 5) is 30.1. The number of fused-ring (bicyclic) bond motifs is 1. The third kappa shape index (κ3) is 3.00. The van der Waals surface area contributed by atoms with Crippen molar-refractivity contribution in [3.8, 4) is 5.75 Å². The molecule has 4 rings (SSSR count). The lowest BCUT2D eigenvalue weighted by Gasteiger charge is -2.39. The highest BCUT2D eigenvalue weighted by molar-refractivity contribution is 5.80. The van der Waals surface area contributed by atoms with Crippen molar-refractivity contribution in [1.82, 2.24) is 14.5 Å². The van der Waals surface area contributed by atoms with Crippen molar-refractivity contribution < 1.29 is 13.9 Å². The van der Waals surface area contributed by atoms with Crippen molar-refractivity contribution in [3.05, 3.63) is 58.8 Å². The van der Waals surface area contributed by atoms with Gasteiger partial charge in [-0.1, -0.05) is 12.1 Å². The van der Waals surface area contributed by atoms with Crippen LogP contribution in [0.2, 0.25) is 0 Å². The number of benzene rings is 1. The third-order valence-corrected chi connectivity index (χ3v) is 4.24. The first-order chi connectivity index (χ1) is 12.1. The van der Waals surface area contributed by atoms with Crippen LogP contribution in [0.3, 0.4) is 0 Å². The lowest BCUT2D eigenvalue weighted by molar-refractivity contribution is -0.140. The number of aromatic nitrogens is 2. The molecular formula is C18H17N3O4. The van der Waals surface area contributed by atoms with Crippen LogP contribution < -0.4 is 10.5 Å². The van der Waals surface area contributed by atoms with E-state index in [2.05, 4.69) is 4.98 Å². The van der Waals surface area contributed by atoms with E-state index in [1.165, 1.54) is 4.57 Å². The molecule has 3 aromatic rings. The zero-order chi connectivity index (χ0) is 17.4. The average molecular weight is 339 g/mol. The second-order valence-corrected chi connectivity index (χ2v) is 6.09. The number of oxazole rings is 1. The predicted octanol–water partition coefficient (Wildman–Crippen LogP) is 1.59. The van der Waals surface area contributed by atoms with Crippen molar-refractivity contribution in [1.29, 1.82) is 0 Å². The number of hydrogen-bond donors (Lipinski definition) is 0. The summed E-state index contributed by atoms with van der Waals surface area (Å²) in [5.41, 5.74) is 2.00. The Hall–Kier alpha value is -3.09. The van der Waals surface area contributed by atoms with Crippen LogP contribution in [-0.2, 0) is 11.3 Å². The summed E-state index contributed by atoms with van der Waals surface area (Å²) >= 11 is 0. The Bertz CT molecular complexity index is 985. The zero-order valence-corrected chi connectivity index (χ0v) is 13.7. The smallest absolute Gasteiger partial charge is 0.420 e. The van der Waals surface area contributed by atoms with Gasteiger partial charge in [0, 0.05) is 18.0 Å². The highest BCUT2D eigenvalue weighted by atomic mass is 16.5. The second-order valence-electron chi connectivity index (χ2n) is 6.09. The minimum Gasteiger partial charge on any atom is -0.487 e. The van der Waals surface area contributed by atoms with Crippen molar-refractivity contribution in [3.63, 3.8) is 0 Å². The van der Waals surface area contributed by atoms with Gasteiger partial charge in [0.2, 0.25) is 5.91 Å². The zero-order valence-electron chi connectivity index (χ0n) is 13.7. The van der Waals surface area contributed by atoms with Crippen LogP contribution in [0.5, 0.6) is 5.75 Å². The van der Waals surface area contributed by atoms with Gasteiger partial charge in [0.05, 0.1) is 18.6 Å². The molecule has 0 N–H and O–H groups in total. The molecule has 1 amide bonds. The molecule has 0 unspecified atom stereocenters. The van der Waals surface area contributed by atoms with Crippen molar-refractivity contribution in [2.75, 3.05) is 13.1 Å². The average Bonchev–Trinajstić information content (AvgIpc) is 2.86. The highest BCUT2D eigenvalue weighted by Gasteiger charge is 2.32. The molecule has 0 saturated carbocycles. The molecule has 1 aromatic carbocycles. The molecule has 0 bridgehead atoms. The molecule has 7 nitrogen and oxygen atoms in total. The topological polar surface area (TPSA) is 77.6 Å². The molecule has 1 aliphatic heterocycles. The summed E-state index contributed by atoms with van der Waals surface area (Å²) in [6.07, 6.45) is 1.66. The molecule has 0 atom stereocenters. The molecule has 1 aliphatic rings. The molecule has 128 valence electrons. The molecule has 0 radical (unpaired) electrons. The fraction of sp³-hybridized carbons (Fsp3) is 0.278. The van der Waals surface area contributed by atoms with Crippen LogP contribution in [0.1, 0.15) is 5.69 Å². The lowest BCUT2D eigenvalue weighted by Crippen LogP contribution is -2.57. The second kappa shape index (κ2) is 6.08. The van der Waals surface area contributed by atoms with E-state index in [4.69, 9.17) is 9.15 Å². The van der Waals surface area contributed by atoms with Crippen LogP contribution in [0.4, 0.5) is 0 Å². The van der Waals surface area contributed by atoms with Gasteiger partial charge in [0.1, 0.15) is 18.4 Å². The van der Waals surface area contributed by atoms with Gasteiger partial charge in [-0.05, 0) is 25.1 Å². The van der Waals surface area contributed by atoms with Gasteiger partial charge < -0.3 is 14.1 Å². The number of carbonyl (C=O) groups excluding carboxylic acids is 1. The third-order valence-electron chi connectivity index (χ3n) is 4.24. The Morgan fingerprint density at radius 1 is 1.32 bits per heavy atom. The van der Waals surface area contributed by atoms with Gasteiger partial charge in [0.15, 0.2) is 5.58 Å². The molecule has 3 heterocycles. The first-order valence-corrected chi connectivity index (χ1v) is 8.05. The van der Waals surface area contributed by atoms with E-state index < -0.39 is 5.76 Å². The fourth-order valence-corrected chi connectivity index (χ4v) is 2.90. The number of nitrogens with zero attached hydrogens (tertiary/aromatic N) is 3. The number of hydrogen-bond acceptors (Lipinski definition) is 5. The van der Waals surface area contributed by atoms with E-state index in [9.17, 15) is 9.59 Å². The van der Waals surface area contributed by atoms with Crippen LogP contribution in [0, 0.1) is 6.92 Å². The largest absolute Gasteiger partial charge is 0.487 e. The number of pyridine rings is 1. The monoisotopic (exact) mass is 339 g/mol. The number of amides is 1. The van der Waals surface area contributed by atoms with E-state index >= 15 is 0 Å². The maximum absolute atomic E-state index is 12.4. The van der Waals surface area contributed by atoms with Crippen molar-refractivity contribution >= 4 is 17.0 Å². The van der Waals surface area contributed by atoms with Crippen LogP contribution in [-0.4, -0.2) is 39.6 Å². The number of likely N-dealkylation sites (tertiary alicyclic amines) is 1. The highest BCUT2D eigenvalue weighted by Crippen LogP contribution is 2.19. The van der Waals surface area contributed by atoms with E-state index in [-0.39, 0.29) is 18.6 Å². The number of para-hydroxylation sites is 2. The van der Waals surface area contributed by atoms with E-state index in [0.717, 1.165) is 11.4 Å². The van der Waals surface area contributed by atoms with Gasteiger partial charge >= 0.3 is 5.76 Å². The number of aryl methyl sites for hydroxylation is 1. The molecule has 1 saturated heterocycles. The van der Waals surface area contributed by atoms with Crippen molar-refractivity contribution in [2.45, 2.75) is 19.6 Å². The van der Waals surface area contributed by atoms with Crippen LogP contribution >= 0.6 is 0 Å². The Morgan fingerprint density at radius 3 is 2.92 bits per heavy atom. The molecular weight excluding hydrogens is 322 g/mol. The SMILES string of the molecule is Cc1cc(OC2CN(C(=O)Cn3c(=O)oc4ccccc43)C2)ccn1. The summed E-state index contributed by atoms with van der Waals surface area (Å²) in [5, 5.41) is 0. The molecule has 0 aliphatic carbocycles. The fourth-order valence-electron chi connectivity index (χ4n) is 2.90. The molecule has 0 spiro atoms. The maximum atomic E-state index is 12.4. The minimum absolute atomic E-state index is 0.0308. The van der Waals surface area contributed by atoms with Crippen LogP contribution in [0.15, 0.2) is 51.8 Å². The van der Waals surface area contributed by atoms with Gasteiger partial charge in [-0.15, -0.1) is 0 Å². The summed E-state index contributed by atoms with van der Waals surface area (Å²) in [6, 6.07) is 10.7. The quantitative estimate of drug-likeness (QED) is 0.721. The van der Waals surface area contributed by atoms with E-state index in [0.29, 0.717) is 24.2 Å². The first-order valence-electron chi connectivity index (χ1n) is 8.05. The normalized spacial score (nSPS) is 14.5. The number of carbonyl (C=O) groups is 1. The number of ether oxygens (including phenoxy) is 1. The Labute approximate surface area is 143 Å².